The summed E-state index contributed by atoms with van der Waals surface area (Å²) in [4.78, 5) is 0. The number of para-hydroxylation sites is 1. The van der Waals surface area contributed by atoms with Crippen LogP contribution in [-0.2, 0) is 6.54 Å². The predicted octanol–water partition coefficient (Wildman–Crippen LogP) is 5.57. The van der Waals surface area contributed by atoms with Gasteiger partial charge in [0.2, 0.25) is 0 Å². The van der Waals surface area contributed by atoms with Crippen molar-refractivity contribution in [1.82, 2.24) is 0 Å². The summed E-state index contributed by atoms with van der Waals surface area (Å²) in [5.41, 5.74) is 2.88. The molecular formula is C14H12Cl3N. The van der Waals surface area contributed by atoms with Gasteiger partial charge in [0.25, 0.3) is 0 Å². The van der Waals surface area contributed by atoms with Crippen LogP contribution in [0.15, 0.2) is 36.4 Å². The van der Waals surface area contributed by atoms with Crippen LogP contribution < -0.4 is 5.32 Å². The van der Waals surface area contributed by atoms with E-state index in [1.165, 1.54) is 0 Å². The van der Waals surface area contributed by atoms with E-state index in [2.05, 4.69) is 5.32 Å². The Labute approximate surface area is 122 Å². The van der Waals surface area contributed by atoms with E-state index in [9.17, 15) is 0 Å². The maximum atomic E-state index is 6.15. The van der Waals surface area contributed by atoms with Gasteiger partial charge in [-0.05, 0) is 30.7 Å². The average molecular weight is 301 g/mol. The summed E-state index contributed by atoms with van der Waals surface area (Å²) in [5.74, 6) is 0. The molecule has 0 radical (unpaired) electrons. The van der Waals surface area contributed by atoms with Crippen molar-refractivity contribution in [2.45, 2.75) is 13.5 Å². The van der Waals surface area contributed by atoms with E-state index in [1.807, 2.05) is 43.3 Å². The molecule has 2 aromatic carbocycles. The molecule has 0 spiro atoms. The fourth-order valence-corrected chi connectivity index (χ4v) is 2.55. The zero-order valence-corrected chi connectivity index (χ0v) is 12.1. The average Bonchev–Trinajstić information content (AvgIpc) is 2.31. The van der Waals surface area contributed by atoms with Crippen molar-refractivity contribution in [1.29, 1.82) is 0 Å². The summed E-state index contributed by atoms with van der Waals surface area (Å²) in [6.45, 7) is 2.55. The van der Waals surface area contributed by atoms with Crippen molar-refractivity contribution < 1.29 is 0 Å². The summed E-state index contributed by atoms with van der Waals surface area (Å²) in [6, 6.07) is 11.3. The van der Waals surface area contributed by atoms with Crippen molar-refractivity contribution >= 4 is 40.5 Å². The van der Waals surface area contributed by atoms with Crippen LogP contribution in [0.25, 0.3) is 0 Å². The summed E-state index contributed by atoms with van der Waals surface area (Å²) in [7, 11) is 0. The second-order valence-corrected chi connectivity index (χ2v) is 5.21. The normalized spacial score (nSPS) is 10.4. The monoisotopic (exact) mass is 299 g/mol. The van der Waals surface area contributed by atoms with Crippen molar-refractivity contribution in [2.24, 2.45) is 0 Å². The molecular weight excluding hydrogens is 289 g/mol. The van der Waals surface area contributed by atoms with Crippen LogP contribution in [0.2, 0.25) is 15.1 Å². The first-order valence-corrected chi connectivity index (χ1v) is 6.65. The molecule has 0 aliphatic heterocycles. The number of halogens is 3. The fourth-order valence-electron chi connectivity index (χ4n) is 1.73. The molecule has 0 unspecified atom stereocenters. The number of anilines is 1. The van der Waals surface area contributed by atoms with E-state index in [0.29, 0.717) is 21.6 Å². The molecule has 0 amide bonds. The van der Waals surface area contributed by atoms with Crippen LogP contribution in [-0.4, -0.2) is 0 Å². The Hall–Kier alpha value is -0.890. The zero-order chi connectivity index (χ0) is 13.1. The fraction of sp³-hybridized carbons (Fsp3) is 0.143. The van der Waals surface area contributed by atoms with Gasteiger partial charge < -0.3 is 5.32 Å². The molecule has 1 nitrogen and oxygen atoms in total. The molecule has 0 bridgehead atoms. The Bertz CT molecular complexity index is 475. The predicted molar refractivity (Wildman–Crippen MR) is 80.0 cm³/mol. The quantitative estimate of drug-likeness (QED) is 0.781. The highest BCUT2D eigenvalue weighted by Crippen LogP contribution is 2.29. The van der Waals surface area contributed by atoms with Gasteiger partial charge in [-0.1, -0.05) is 53.0 Å². The minimum atomic E-state index is 0.545. The van der Waals surface area contributed by atoms with E-state index in [-0.39, 0.29) is 0 Å². The second-order valence-electron chi connectivity index (χ2n) is 3.99. The van der Waals surface area contributed by atoms with Crippen molar-refractivity contribution in [2.75, 3.05) is 5.32 Å². The topological polar surface area (TPSA) is 12.0 Å². The Morgan fingerprint density at radius 2 is 1.44 bits per heavy atom. The van der Waals surface area contributed by atoms with Crippen molar-refractivity contribution in [3.8, 4) is 0 Å². The Morgan fingerprint density at radius 1 is 0.889 bits per heavy atom. The largest absolute Gasteiger partial charge is 0.379 e. The van der Waals surface area contributed by atoms with Gasteiger partial charge in [-0.15, -0.1) is 0 Å². The highest BCUT2D eigenvalue weighted by atomic mass is 35.5. The van der Waals surface area contributed by atoms with Gasteiger partial charge in [0.1, 0.15) is 0 Å². The number of hydrogen-bond acceptors (Lipinski definition) is 1. The van der Waals surface area contributed by atoms with Crippen LogP contribution >= 0.6 is 34.8 Å². The molecule has 0 saturated carbocycles. The Balaban J connectivity index is 2.22. The van der Waals surface area contributed by atoms with Gasteiger partial charge in [0, 0.05) is 22.2 Å². The minimum absolute atomic E-state index is 0.545. The molecule has 4 heteroatoms. The number of benzene rings is 2. The van der Waals surface area contributed by atoms with E-state index in [1.54, 1.807) is 0 Å². The Kier molecular flexibility index (Phi) is 4.39. The standard InChI is InChI=1S/C14H12Cl3N/c1-9-4-2-7-13(17)14(9)18-8-10-11(15)5-3-6-12(10)16/h2-7,18H,8H2,1H3. The zero-order valence-electron chi connectivity index (χ0n) is 9.81. The third kappa shape index (κ3) is 2.92. The van der Waals surface area contributed by atoms with Gasteiger partial charge in [0.05, 0.1) is 10.7 Å². The molecule has 2 rings (SSSR count). The second kappa shape index (κ2) is 5.83. The van der Waals surface area contributed by atoms with E-state index in [4.69, 9.17) is 34.8 Å². The molecule has 0 saturated heterocycles. The lowest BCUT2D eigenvalue weighted by molar-refractivity contribution is 1.14. The summed E-state index contributed by atoms with van der Waals surface area (Å²) in [6.07, 6.45) is 0. The molecule has 0 aliphatic carbocycles. The first-order chi connectivity index (χ1) is 8.59. The molecule has 0 fully saturated rings. The van der Waals surface area contributed by atoms with Gasteiger partial charge in [-0.3, -0.25) is 0 Å². The van der Waals surface area contributed by atoms with Crippen LogP contribution in [0.3, 0.4) is 0 Å². The summed E-state index contributed by atoms with van der Waals surface area (Å²) in [5, 5.41) is 5.28. The summed E-state index contributed by atoms with van der Waals surface area (Å²) < 4.78 is 0. The van der Waals surface area contributed by atoms with E-state index >= 15 is 0 Å². The van der Waals surface area contributed by atoms with E-state index < -0.39 is 0 Å². The van der Waals surface area contributed by atoms with Crippen LogP contribution in [0.4, 0.5) is 5.69 Å². The Morgan fingerprint density at radius 3 is 2.06 bits per heavy atom. The maximum absolute atomic E-state index is 6.15. The lowest BCUT2D eigenvalue weighted by atomic mass is 10.1. The number of hydrogen-bond donors (Lipinski definition) is 1. The molecule has 0 aromatic heterocycles. The smallest absolute Gasteiger partial charge is 0.0640 e. The van der Waals surface area contributed by atoms with E-state index in [0.717, 1.165) is 16.8 Å². The van der Waals surface area contributed by atoms with Crippen LogP contribution in [0.1, 0.15) is 11.1 Å². The molecule has 1 N–H and O–H groups in total. The van der Waals surface area contributed by atoms with Crippen LogP contribution in [0, 0.1) is 6.92 Å². The third-order valence-corrected chi connectivity index (χ3v) is 3.75. The molecule has 0 heterocycles. The molecule has 2 aromatic rings. The highest BCUT2D eigenvalue weighted by Gasteiger charge is 2.07. The number of rotatable bonds is 3. The lowest BCUT2D eigenvalue weighted by Crippen LogP contribution is -2.03. The third-order valence-electron chi connectivity index (χ3n) is 2.73. The van der Waals surface area contributed by atoms with Crippen molar-refractivity contribution in [3.63, 3.8) is 0 Å². The lowest BCUT2D eigenvalue weighted by Gasteiger charge is -2.13. The molecule has 94 valence electrons. The molecule has 0 atom stereocenters. The molecule has 18 heavy (non-hydrogen) atoms. The number of nitrogens with one attached hydrogen (secondary N) is 1. The first-order valence-electron chi connectivity index (χ1n) is 5.51. The van der Waals surface area contributed by atoms with Gasteiger partial charge in [-0.2, -0.15) is 0 Å². The maximum Gasteiger partial charge on any atom is 0.0640 e. The van der Waals surface area contributed by atoms with Crippen molar-refractivity contribution in [3.05, 3.63) is 62.6 Å². The number of aryl methyl sites for hydroxylation is 1. The molecule has 0 aliphatic rings. The highest BCUT2D eigenvalue weighted by molar-refractivity contribution is 6.36. The van der Waals surface area contributed by atoms with Gasteiger partial charge in [0.15, 0.2) is 0 Å². The van der Waals surface area contributed by atoms with Gasteiger partial charge >= 0.3 is 0 Å². The summed E-state index contributed by atoms with van der Waals surface area (Å²) >= 11 is 18.4. The first kappa shape index (κ1) is 13.5. The minimum Gasteiger partial charge on any atom is -0.379 e. The van der Waals surface area contributed by atoms with Gasteiger partial charge in [-0.25, -0.2) is 0 Å². The van der Waals surface area contributed by atoms with Crippen LogP contribution in [0.5, 0.6) is 0 Å². The SMILES string of the molecule is Cc1cccc(Cl)c1NCc1c(Cl)cccc1Cl.